The third-order valence-electron chi connectivity index (χ3n) is 3.24. The lowest BCUT2D eigenvalue weighted by Gasteiger charge is -2.35. The quantitative estimate of drug-likeness (QED) is 0.860. The van der Waals surface area contributed by atoms with Crippen LogP contribution in [0, 0.1) is 0 Å². The Kier molecular flexibility index (Phi) is 3.79. The van der Waals surface area contributed by atoms with Crippen molar-refractivity contribution < 1.29 is 4.74 Å². The summed E-state index contributed by atoms with van der Waals surface area (Å²) in [6.45, 7) is 8.87. The number of nitrogens with one attached hydrogen (secondary N) is 1. The zero-order valence-electron chi connectivity index (χ0n) is 10.9. The highest BCUT2D eigenvalue weighted by Crippen LogP contribution is 2.23. The fraction of sp³-hybridized carbons (Fsp3) is 0.833. The summed E-state index contributed by atoms with van der Waals surface area (Å²) < 4.78 is 7.63. The highest BCUT2D eigenvalue weighted by molar-refractivity contribution is 4.88. The maximum absolute atomic E-state index is 5.70. The average Bonchev–Trinajstić information content (AvgIpc) is 2.72. The minimum absolute atomic E-state index is 0.00561. The molecule has 96 valence electrons. The maximum Gasteiger partial charge on any atom is 0.140 e. The van der Waals surface area contributed by atoms with Crippen LogP contribution in [-0.2, 0) is 17.8 Å². The van der Waals surface area contributed by atoms with Gasteiger partial charge in [-0.15, -0.1) is 0 Å². The molecule has 1 aromatic heterocycles. The lowest BCUT2D eigenvalue weighted by molar-refractivity contribution is -0.0631. The molecule has 5 heteroatoms. The van der Waals surface area contributed by atoms with Crippen molar-refractivity contribution in [1.82, 2.24) is 20.1 Å². The van der Waals surface area contributed by atoms with Crippen molar-refractivity contribution in [2.24, 2.45) is 0 Å². The van der Waals surface area contributed by atoms with Crippen molar-refractivity contribution in [3.8, 4) is 0 Å². The molecule has 0 saturated carbocycles. The molecule has 5 nitrogen and oxygen atoms in total. The fourth-order valence-electron chi connectivity index (χ4n) is 2.33. The van der Waals surface area contributed by atoms with E-state index in [0.29, 0.717) is 6.04 Å². The second kappa shape index (κ2) is 5.14. The Bertz CT molecular complexity index is 361. The SMILES string of the molecule is CCn1ncnc1CNC1CCOC(C)(C)C1. The third-order valence-corrected chi connectivity index (χ3v) is 3.24. The van der Waals surface area contributed by atoms with Crippen LogP contribution in [0.1, 0.15) is 39.4 Å². The maximum atomic E-state index is 5.70. The van der Waals surface area contributed by atoms with Crippen molar-refractivity contribution >= 4 is 0 Å². The van der Waals surface area contributed by atoms with E-state index >= 15 is 0 Å². The van der Waals surface area contributed by atoms with Gasteiger partial charge in [-0.05, 0) is 33.6 Å². The molecule has 1 N–H and O–H groups in total. The Morgan fingerprint density at radius 1 is 1.59 bits per heavy atom. The van der Waals surface area contributed by atoms with Crippen molar-refractivity contribution in [2.45, 2.75) is 58.3 Å². The second-order valence-electron chi connectivity index (χ2n) is 5.17. The Morgan fingerprint density at radius 3 is 3.12 bits per heavy atom. The Hall–Kier alpha value is -0.940. The van der Waals surface area contributed by atoms with Gasteiger partial charge in [0.05, 0.1) is 12.1 Å². The molecule has 1 unspecified atom stereocenters. The topological polar surface area (TPSA) is 52.0 Å². The summed E-state index contributed by atoms with van der Waals surface area (Å²) in [4.78, 5) is 4.27. The highest BCUT2D eigenvalue weighted by atomic mass is 16.5. The van der Waals surface area contributed by atoms with E-state index in [1.807, 2.05) is 4.68 Å². The standard InChI is InChI=1S/C12H22N4O/c1-4-16-11(14-9-15-16)8-13-10-5-6-17-12(2,3)7-10/h9-10,13H,4-8H2,1-3H3. The molecule has 0 spiro atoms. The van der Waals surface area contributed by atoms with E-state index in [1.54, 1.807) is 6.33 Å². The summed E-state index contributed by atoms with van der Waals surface area (Å²) in [7, 11) is 0. The molecule has 17 heavy (non-hydrogen) atoms. The van der Waals surface area contributed by atoms with Crippen LogP contribution in [0.2, 0.25) is 0 Å². The predicted octanol–water partition coefficient (Wildman–Crippen LogP) is 1.35. The van der Waals surface area contributed by atoms with Crippen molar-refractivity contribution in [3.05, 3.63) is 12.2 Å². The number of aryl methyl sites for hydroxylation is 1. The zero-order valence-corrected chi connectivity index (χ0v) is 10.9. The molecule has 2 rings (SSSR count). The Balaban J connectivity index is 1.86. The second-order valence-corrected chi connectivity index (χ2v) is 5.17. The minimum atomic E-state index is -0.00561. The van der Waals surface area contributed by atoms with E-state index in [1.165, 1.54) is 0 Å². The van der Waals surface area contributed by atoms with Gasteiger partial charge in [0.25, 0.3) is 0 Å². The van der Waals surface area contributed by atoms with Crippen molar-refractivity contribution in [1.29, 1.82) is 0 Å². The van der Waals surface area contributed by atoms with Gasteiger partial charge in [-0.1, -0.05) is 0 Å². The average molecular weight is 238 g/mol. The van der Waals surface area contributed by atoms with Gasteiger partial charge < -0.3 is 10.1 Å². The van der Waals surface area contributed by atoms with E-state index in [9.17, 15) is 0 Å². The number of aromatic nitrogens is 3. The van der Waals surface area contributed by atoms with Crippen LogP contribution >= 0.6 is 0 Å². The smallest absolute Gasteiger partial charge is 0.140 e. The van der Waals surface area contributed by atoms with Gasteiger partial charge in [0.1, 0.15) is 12.2 Å². The summed E-state index contributed by atoms with van der Waals surface area (Å²) >= 11 is 0. The van der Waals surface area contributed by atoms with E-state index in [-0.39, 0.29) is 5.60 Å². The Labute approximate surface area is 103 Å². The van der Waals surface area contributed by atoms with Crippen LogP contribution in [0.3, 0.4) is 0 Å². The molecule has 1 aliphatic rings. The summed E-state index contributed by atoms with van der Waals surface area (Å²) in [6, 6.07) is 0.515. The lowest BCUT2D eigenvalue weighted by Crippen LogP contribution is -2.43. The van der Waals surface area contributed by atoms with Gasteiger partial charge in [-0.3, -0.25) is 0 Å². The van der Waals surface area contributed by atoms with Gasteiger partial charge in [-0.2, -0.15) is 5.10 Å². The third kappa shape index (κ3) is 3.26. The molecule has 0 aromatic carbocycles. The van der Waals surface area contributed by atoms with Gasteiger partial charge in [0.15, 0.2) is 0 Å². The monoisotopic (exact) mass is 238 g/mol. The fourth-order valence-corrected chi connectivity index (χ4v) is 2.33. The molecule has 0 aliphatic carbocycles. The summed E-state index contributed by atoms with van der Waals surface area (Å²) in [5.74, 6) is 1.01. The van der Waals surface area contributed by atoms with Crippen LogP contribution in [0.4, 0.5) is 0 Å². The van der Waals surface area contributed by atoms with Crippen LogP contribution in [0.25, 0.3) is 0 Å². The van der Waals surface area contributed by atoms with E-state index in [4.69, 9.17) is 4.74 Å². The predicted molar refractivity (Wildman–Crippen MR) is 65.6 cm³/mol. The van der Waals surface area contributed by atoms with E-state index < -0.39 is 0 Å². The first-order valence-corrected chi connectivity index (χ1v) is 6.35. The zero-order chi connectivity index (χ0) is 12.3. The molecular weight excluding hydrogens is 216 g/mol. The molecule has 0 radical (unpaired) electrons. The molecule has 1 saturated heterocycles. The number of rotatable bonds is 4. The normalized spacial score (nSPS) is 23.8. The first-order chi connectivity index (χ1) is 8.11. The highest BCUT2D eigenvalue weighted by Gasteiger charge is 2.28. The van der Waals surface area contributed by atoms with Gasteiger partial charge in [0, 0.05) is 19.2 Å². The van der Waals surface area contributed by atoms with Crippen LogP contribution in [-0.4, -0.2) is 33.0 Å². The van der Waals surface area contributed by atoms with Gasteiger partial charge >= 0.3 is 0 Å². The first kappa shape index (κ1) is 12.5. The minimum Gasteiger partial charge on any atom is -0.375 e. The molecule has 0 amide bonds. The summed E-state index contributed by atoms with van der Waals surface area (Å²) in [6.07, 6.45) is 3.74. The van der Waals surface area contributed by atoms with Crippen molar-refractivity contribution in [3.63, 3.8) is 0 Å². The van der Waals surface area contributed by atoms with Crippen LogP contribution in [0.15, 0.2) is 6.33 Å². The first-order valence-electron chi connectivity index (χ1n) is 6.35. The lowest BCUT2D eigenvalue weighted by atomic mass is 9.94. The van der Waals surface area contributed by atoms with Crippen LogP contribution in [0.5, 0.6) is 0 Å². The molecule has 1 aliphatic heterocycles. The molecular formula is C12H22N4O. The molecule has 1 aromatic rings. The Morgan fingerprint density at radius 2 is 2.41 bits per heavy atom. The summed E-state index contributed by atoms with van der Waals surface area (Å²) in [5.41, 5.74) is -0.00561. The molecule has 1 atom stereocenters. The van der Waals surface area contributed by atoms with Crippen LogP contribution < -0.4 is 5.32 Å². The largest absolute Gasteiger partial charge is 0.375 e. The number of ether oxygens (including phenoxy) is 1. The number of hydrogen-bond acceptors (Lipinski definition) is 4. The van der Waals surface area contributed by atoms with Gasteiger partial charge in [-0.25, -0.2) is 9.67 Å². The van der Waals surface area contributed by atoms with E-state index in [2.05, 4.69) is 36.2 Å². The molecule has 0 bridgehead atoms. The molecule has 1 fully saturated rings. The number of nitrogens with zero attached hydrogens (tertiary/aromatic N) is 3. The number of hydrogen-bond donors (Lipinski definition) is 1. The summed E-state index contributed by atoms with van der Waals surface area (Å²) in [5, 5.41) is 7.72. The van der Waals surface area contributed by atoms with Gasteiger partial charge in [0.2, 0.25) is 0 Å². The van der Waals surface area contributed by atoms with Crippen molar-refractivity contribution in [2.75, 3.05) is 6.61 Å². The molecule has 2 heterocycles. The van der Waals surface area contributed by atoms with E-state index in [0.717, 1.165) is 38.4 Å².